The van der Waals surface area contributed by atoms with Crippen molar-refractivity contribution in [3.63, 3.8) is 0 Å². The number of morpholine rings is 1. The van der Waals surface area contributed by atoms with E-state index in [0.717, 1.165) is 67.5 Å². The highest BCUT2D eigenvalue weighted by Gasteiger charge is 2.19. The van der Waals surface area contributed by atoms with Crippen LogP contribution in [0.5, 0.6) is 0 Å². The van der Waals surface area contributed by atoms with Gasteiger partial charge in [0.05, 0.1) is 30.0 Å². The lowest BCUT2D eigenvalue weighted by Gasteiger charge is -2.28. The number of pyridine rings is 2. The van der Waals surface area contributed by atoms with Crippen molar-refractivity contribution in [3.05, 3.63) is 30.7 Å². The molecule has 2 saturated heterocycles. The van der Waals surface area contributed by atoms with Gasteiger partial charge >= 0.3 is 0 Å². The summed E-state index contributed by atoms with van der Waals surface area (Å²) in [7, 11) is 0. The maximum absolute atomic E-state index is 6.28. The predicted octanol–water partition coefficient (Wildman–Crippen LogP) is 3.28. The molecule has 2 N–H and O–H groups in total. The lowest BCUT2D eigenvalue weighted by atomic mass is 10.1. The predicted molar refractivity (Wildman–Crippen MR) is 123 cm³/mol. The molecule has 8 nitrogen and oxygen atoms in total. The van der Waals surface area contributed by atoms with Crippen LogP contribution in [0.1, 0.15) is 32.1 Å². The van der Waals surface area contributed by atoms with Crippen LogP contribution in [0.15, 0.2) is 30.7 Å². The van der Waals surface area contributed by atoms with Crippen LogP contribution in [0, 0.1) is 0 Å². The largest absolute Gasteiger partial charge is 0.383 e. The zero-order valence-corrected chi connectivity index (χ0v) is 17.8. The number of ether oxygens (including phenoxy) is 1. The first kappa shape index (κ1) is 19.9. The minimum Gasteiger partial charge on any atom is -0.383 e. The van der Waals surface area contributed by atoms with Crippen LogP contribution >= 0.6 is 0 Å². The molecule has 0 spiro atoms. The molecule has 0 amide bonds. The number of aromatic nitrogens is 4. The lowest BCUT2D eigenvalue weighted by molar-refractivity contribution is 0.122. The number of hydrogen-bond donors (Lipinski definition) is 1. The van der Waals surface area contributed by atoms with E-state index >= 15 is 0 Å². The highest BCUT2D eigenvalue weighted by molar-refractivity contribution is 5.99. The summed E-state index contributed by atoms with van der Waals surface area (Å²) in [6.45, 7) is 5.26. The van der Waals surface area contributed by atoms with Gasteiger partial charge in [-0.1, -0.05) is 19.3 Å². The summed E-state index contributed by atoms with van der Waals surface area (Å²) in [5, 5.41) is 0.852. The fourth-order valence-corrected chi connectivity index (χ4v) is 4.47. The van der Waals surface area contributed by atoms with E-state index < -0.39 is 0 Å². The fraction of sp³-hybridized carbons (Fsp3) is 0.478. The molecule has 0 bridgehead atoms. The average Bonchev–Trinajstić information content (AvgIpc) is 2.79. The quantitative estimate of drug-likeness (QED) is 0.691. The molecule has 8 heteroatoms. The number of anilines is 3. The number of fused-ring (bicyclic) bond motifs is 1. The molecule has 3 aromatic rings. The highest BCUT2D eigenvalue weighted by Crippen LogP contribution is 2.34. The minimum atomic E-state index is 0.488. The first-order valence-electron chi connectivity index (χ1n) is 11.2. The monoisotopic (exact) mass is 419 g/mol. The minimum absolute atomic E-state index is 0.488. The summed E-state index contributed by atoms with van der Waals surface area (Å²) in [5.41, 5.74) is 9.84. The van der Waals surface area contributed by atoms with Crippen molar-refractivity contribution in [2.45, 2.75) is 32.1 Å². The van der Waals surface area contributed by atoms with Gasteiger partial charge in [-0.15, -0.1) is 0 Å². The number of hydrogen-bond acceptors (Lipinski definition) is 8. The van der Waals surface area contributed by atoms with Crippen LogP contribution in [-0.2, 0) is 4.74 Å². The van der Waals surface area contributed by atoms with Crippen molar-refractivity contribution in [2.24, 2.45) is 0 Å². The Balaban J connectivity index is 1.53. The van der Waals surface area contributed by atoms with Crippen LogP contribution in [-0.4, -0.2) is 59.3 Å². The molecule has 5 rings (SSSR count). The number of nitrogens with zero attached hydrogens (tertiary/aromatic N) is 6. The van der Waals surface area contributed by atoms with Gasteiger partial charge in [0.2, 0.25) is 0 Å². The Morgan fingerprint density at radius 1 is 0.839 bits per heavy atom. The zero-order valence-electron chi connectivity index (χ0n) is 17.8. The summed E-state index contributed by atoms with van der Waals surface area (Å²) in [5.74, 6) is 1.46. The SMILES string of the molecule is Nc1ncnc2nc(-c3ccc(N4CCOCC4)nc3)cc(N3CCCCCCC3)c12. The Morgan fingerprint density at radius 2 is 1.61 bits per heavy atom. The Morgan fingerprint density at radius 3 is 2.35 bits per heavy atom. The fourth-order valence-electron chi connectivity index (χ4n) is 4.47. The molecular weight excluding hydrogens is 390 g/mol. The Bertz CT molecular complexity index is 1030. The van der Waals surface area contributed by atoms with E-state index in [2.05, 4.69) is 38.0 Å². The molecule has 2 fully saturated rings. The maximum Gasteiger partial charge on any atom is 0.167 e. The van der Waals surface area contributed by atoms with Crippen LogP contribution in [0.4, 0.5) is 17.3 Å². The topological polar surface area (TPSA) is 93.3 Å². The number of nitrogen functional groups attached to an aromatic ring is 1. The summed E-state index contributed by atoms with van der Waals surface area (Å²) in [6.07, 6.45) is 9.62. The first-order valence-corrected chi connectivity index (χ1v) is 11.2. The van der Waals surface area contributed by atoms with Gasteiger partial charge in [-0.3, -0.25) is 0 Å². The molecule has 0 saturated carbocycles. The Kier molecular flexibility index (Phi) is 5.80. The molecule has 162 valence electrons. The third-order valence-corrected chi connectivity index (χ3v) is 6.19. The summed E-state index contributed by atoms with van der Waals surface area (Å²) in [4.78, 5) is 22.9. The number of nitrogens with two attached hydrogens (primary N) is 1. The maximum atomic E-state index is 6.28. The zero-order chi connectivity index (χ0) is 21.0. The van der Waals surface area contributed by atoms with Crippen molar-refractivity contribution in [1.82, 2.24) is 19.9 Å². The smallest absolute Gasteiger partial charge is 0.167 e. The molecule has 3 aromatic heterocycles. The van der Waals surface area contributed by atoms with Gasteiger partial charge in [0.15, 0.2) is 5.65 Å². The molecule has 0 unspecified atom stereocenters. The van der Waals surface area contributed by atoms with Gasteiger partial charge in [-0.2, -0.15) is 0 Å². The van der Waals surface area contributed by atoms with Gasteiger partial charge in [0, 0.05) is 37.9 Å². The molecule has 0 atom stereocenters. The first-order chi connectivity index (χ1) is 15.3. The van der Waals surface area contributed by atoms with E-state index in [0.29, 0.717) is 11.5 Å². The lowest BCUT2D eigenvalue weighted by Crippen LogP contribution is -2.36. The van der Waals surface area contributed by atoms with Crippen molar-refractivity contribution >= 4 is 28.4 Å². The molecule has 2 aliphatic rings. The number of rotatable bonds is 3. The Labute approximate surface area is 182 Å². The average molecular weight is 420 g/mol. The molecule has 5 heterocycles. The van der Waals surface area contributed by atoms with Crippen molar-refractivity contribution in [1.29, 1.82) is 0 Å². The summed E-state index contributed by atoms with van der Waals surface area (Å²) in [6, 6.07) is 6.29. The van der Waals surface area contributed by atoms with Gasteiger partial charge in [0.25, 0.3) is 0 Å². The van der Waals surface area contributed by atoms with Crippen molar-refractivity contribution < 1.29 is 4.74 Å². The van der Waals surface area contributed by atoms with Gasteiger partial charge in [-0.25, -0.2) is 19.9 Å². The van der Waals surface area contributed by atoms with Crippen molar-refractivity contribution in [2.75, 3.05) is 54.9 Å². The van der Waals surface area contributed by atoms with Crippen LogP contribution in [0.3, 0.4) is 0 Å². The summed E-state index contributed by atoms with van der Waals surface area (Å²) < 4.78 is 5.45. The standard InChI is InChI=1S/C23H29N7O/c24-22-21-19(29-8-4-2-1-3-5-9-29)14-18(28-23(21)27-16-26-22)17-6-7-20(25-15-17)30-10-12-31-13-11-30/h6-7,14-16H,1-5,8-13H2,(H2,24,26,27,28). The molecule has 0 aliphatic carbocycles. The second-order valence-corrected chi connectivity index (χ2v) is 8.24. The van der Waals surface area contributed by atoms with Crippen LogP contribution < -0.4 is 15.5 Å². The van der Waals surface area contributed by atoms with E-state index in [1.165, 1.54) is 38.4 Å². The van der Waals surface area contributed by atoms with E-state index in [1.54, 1.807) is 0 Å². The van der Waals surface area contributed by atoms with Gasteiger partial charge < -0.3 is 20.3 Å². The van der Waals surface area contributed by atoms with Gasteiger partial charge in [0.1, 0.15) is 18.0 Å². The summed E-state index contributed by atoms with van der Waals surface area (Å²) >= 11 is 0. The second kappa shape index (κ2) is 9.01. The molecular formula is C23H29N7O. The second-order valence-electron chi connectivity index (χ2n) is 8.24. The van der Waals surface area contributed by atoms with Crippen LogP contribution in [0.25, 0.3) is 22.3 Å². The van der Waals surface area contributed by atoms with Crippen molar-refractivity contribution in [3.8, 4) is 11.3 Å². The van der Waals surface area contributed by atoms with E-state index in [4.69, 9.17) is 20.4 Å². The van der Waals surface area contributed by atoms with E-state index in [9.17, 15) is 0 Å². The molecule has 2 aliphatic heterocycles. The molecule has 0 aromatic carbocycles. The molecule has 0 radical (unpaired) electrons. The third-order valence-electron chi connectivity index (χ3n) is 6.19. The normalized spacial score (nSPS) is 18.1. The Hall–Kier alpha value is -3.00. The molecule has 31 heavy (non-hydrogen) atoms. The van der Waals surface area contributed by atoms with E-state index in [-0.39, 0.29) is 0 Å². The van der Waals surface area contributed by atoms with Crippen LogP contribution in [0.2, 0.25) is 0 Å². The van der Waals surface area contributed by atoms with Gasteiger partial charge in [-0.05, 0) is 31.0 Å². The third kappa shape index (κ3) is 4.25. The van der Waals surface area contributed by atoms with E-state index in [1.807, 2.05) is 6.20 Å². The highest BCUT2D eigenvalue weighted by atomic mass is 16.5.